The zero-order valence-corrected chi connectivity index (χ0v) is 27.7. The summed E-state index contributed by atoms with van der Waals surface area (Å²) in [6.07, 6.45) is 4.14. The van der Waals surface area contributed by atoms with Gasteiger partial charge in [0.15, 0.2) is 16.3 Å². The van der Waals surface area contributed by atoms with E-state index < -0.39 is 12.0 Å². The maximum Gasteiger partial charge on any atom is 0.338 e. The predicted molar refractivity (Wildman–Crippen MR) is 181 cm³/mol. The summed E-state index contributed by atoms with van der Waals surface area (Å²) in [5.41, 5.74) is 3.87. The van der Waals surface area contributed by atoms with Crippen LogP contribution in [0.25, 0.3) is 6.08 Å². The van der Waals surface area contributed by atoms with Gasteiger partial charge in [0.25, 0.3) is 5.56 Å². The van der Waals surface area contributed by atoms with Crippen LogP contribution in [0.3, 0.4) is 0 Å². The monoisotopic (exact) mass is 658 g/mol. The first-order valence-corrected chi connectivity index (χ1v) is 16.1. The van der Waals surface area contributed by atoms with E-state index in [1.165, 1.54) is 11.3 Å². The Bertz CT molecular complexity index is 1960. The predicted octanol–water partition coefficient (Wildman–Crippen LogP) is 6.17. The van der Waals surface area contributed by atoms with Crippen LogP contribution in [0.2, 0.25) is 5.02 Å². The number of thiazole rings is 1. The first kappa shape index (κ1) is 32.8. The van der Waals surface area contributed by atoms with E-state index in [0.29, 0.717) is 62.5 Å². The quantitative estimate of drug-likeness (QED) is 0.134. The zero-order chi connectivity index (χ0) is 32.8. The number of allylic oxidation sites excluding steroid dienone is 2. The maximum atomic E-state index is 14.1. The second kappa shape index (κ2) is 14.7. The fourth-order valence-electron chi connectivity index (χ4n) is 5.28. The smallest absolute Gasteiger partial charge is 0.338 e. The summed E-state index contributed by atoms with van der Waals surface area (Å²) in [6, 6.07) is 17.9. The highest BCUT2D eigenvalue weighted by Crippen LogP contribution is 2.35. The number of carbonyl (C=O) groups excluding carboxylic acids is 1. The summed E-state index contributed by atoms with van der Waals surface area (Å²) in [7, 11) is 1.59. The summed E-state index contributed by atoms with van der Waals surface area (Å²) >= 11 is 7.31. The lowest BCUT2D eigenvalue weighted by Crippen LogP contribution is -2.39. The fourth-order valence-corrected chi connectivity index (χ4v) is 6.45. The third-order valence-electron chi connectivity index (χ3n) is 7.36. The van der Waals surface area contributed by atoms with Crippen molar-refractivity contribution in [2.45, 2.75) is 39.8 Å². The average Bonchev–Trinajstić information content (AvgIpc) is 3.34. The number of benzene rings is 3. The van der Waals surface area contributed by atoms with Gasteiger partial charge in [0.2, 0.25) is 0 Å². The second-order valence-electron chi connectivity index (χ2n) is 10.4. The van der Waals surface area contributed by atoms with Crippen LogP contribution in [0.5, 0.6) is 17.2 Å². The SMILES string of the molecule is C=CCc1cc(/C=c2/sc3n(c2=O)C(c2ccc(OC)cc2)C(C(=O)OCC)=C(C)N=3)cc(OCC)c1OCc1ccc(Cl)cc1. The Labute approximate surface area is 276 Å². The molecule has 5 rings (SSSR count). The fraction of sp³-hybridized carbons (Fsp3) is 0.250. The molecule has 0 bridgehead atoms. The number of fused-ring (bicyclic) bond motifs is 1. The van der Waals surface area contributed by atoms with Crippen molar-refractivity contribution in [2.75, 3.05) is 20.3 Å². The number of nitrogens with zero attached hydrogens (tertiary/aromatic N) is 2. The molecule has 1 atom stereocenters. The van der Waals surface area contributed by atoms with E-state index in [1.54, 1.807) is 43.7 Å². The lowest BCUT2D eigenvalue weighted by molar-refractivity contribution is -0.139. The standard InChI is InChI=1S/C36H35ClN2O6S/c1-6-9-26-18-24(19-29(43-7-2)33(26)45-21-23-10-14-27(37)15-11-23)20-30-34(40)39-32(25-12-16-28(42-5)17-13-25)31(35(41)44-8-3)22(4)38-36(39)46-30/h6,10-20,32H,1,7-9,21H2,2-5H3/b30-20+. The lowest BCUT2D eigenvalue weighted by Gasteiger charge is -2.24. The summed E-state index contributed by atoms with van der Waals surface area (Å²) in [5.74, 6) is 1.33. The minimum Gasteiger partial charge on any atom is -0.497 e. The molecule has 3 aromatic carbocycles. The van der Waals surface area contributed by atoms with E-state index in [4.69, 9.17) is 30.5 Å². The van der Waals surface area contributed by atoms with Crippen LogP contribution in [-0.4, -0.2) is 30.9 Å². The van der Waals surface area contributed by atoms with E-state index >= 15 is 0 Å². The number of hydrogen-bond donors (Lipinski definition) is 0. The van der Waals surface area contributed by atoms with Crippen molar-refractivity contribution >= 4 is 35.0 Å². The summed E-state index contributed by atoms with van der Waals surface area (Å²) in [5, 5.41) is 0.656. The van der Waals surface area contributed by atoms with Gasteiger partial charge in [-0.15, -0.1) is 6.58 Å². The first-order valence-electron chi connectivity index (χ1n) is 14.9. The minimum atomic E-state index is -0.720. The number of methoxy groups -OCH3 is 1. The molecule has 4 aromatic rings. The minimum absolute atomic E-state index is 0.198. The summed E-state index contributed by atoms with van der Waals surface area (Å²) in [6.45, 7) is 10.3. The van der Waals surface area contributed by atoms with Gasteiger partial charge in [0, 0.05) is 10.6 Å². The van der Waals surface area contributed by atoms with Crippen LogP contribution < -0.4 is 29.1 Å². The van der Waals surface area contributed by atoms with Gasteiger partial charge in [-0.3, -0.25) is 9.36 Å². The molecule has 46 heavy (non-hydrogen) atoms. The van der Waals surface area contributed by atoms with Crippen LogP contribution in [-0.2, 0) is 22.6 Å². The van der Waals surface area contributed by atoms with Crippen molar-refractivity contribution in [1.82, 2.24) is 4.57 Å². The van der Waals surface area contributed by atoms with Crippen LogP contribution in [0, 0.1) is 0 Å². The molecular weight excluding hydrogens is 624 g/mol. The van der Waals surface area contributed by atoms with E-state index in [2.05, 4.69) is 11.6 Å². The Hall–Kier alpha value is -4.60. The van der Waals surface area contributed by atoms with Gasteiger partial charge < -0.3 is 18.9 Å². The van der Waals surface area contributed by atoms with Crippen molar-refractivity contribution < 1.29 is 23.7 Å². The zero-order valence-electron chi connectivity index (χ0n) is 26.2. The van der Waals surface area contributed by atoms with Crippen LogP contribution in [0.15, 0.2) is 94.4 Å². The number of esters is 1. The highest BCUT2D eigenvalue weighted by molar-refractivity contribution is 7.07. The van der Waals surface area contributed by atoms with Crippen LogP contribution >= 0.6 is 22.9 Å². The lowest BCUT2D eigenvalue weighted by atomic mass is 9.96. The third kappa shape index (κ3) is 6.95. The third-order valence-corrected chi connectivity index (χ3v) is 8.60. The maximum absolute atomic E-state index is 14.1. The van der Waals surface area contributed by atoms with Crippen molar-refractivity contribution in [3.63, 3.8) is 0 Å². The van der Waals surface area contributed by atoms with Gasteiger partial charge in [-0.05, 0) is 86.4 Å². The van der Waals surface area contributed by atoms with Gasteiger partial charge >= 0.3 is 5.97 Å². The molecule has 1 unspecified atom stereocenters. The summed E-state index contributed by atoms with van der Waals surface area (Å²) < 4.78 is 25.1. The molecule has 0 fully saturated rings. The van der Waals surface area contributed by atoms with Gasteiger partial charge in [0.1, 0.15) is 12.4 Å². The molecule has 0 amide bonds. The Kier molecular flexibility index (Phi) is 10.4. The molecule has 1 aromatic heterocycles. The van der Waals surface area contributed by atoms with Gasteiger partial charge in [0.05, 0.1) is 42.2 Å². The Morgan fingerprint density at radius 2 is 1.80 bits per heavy atom. The molecule has 1 aliphatic heterocycles. The number of aromatic nitrogens is 1. The first-order chi connectivity index (χ1) is 22.3. The molecule has 0 radical (unpaired) electrons. The van der Waals surface area contributed by atoms with Crippen LogP contribution in [0.1, 0.15) is 49.1 Å². The number of carbonyl (C=O) groups is 1. The van der Waals surface area contributed by atoms with Crippen LogP contribution in [0.4, 0.5) is 0 Å². The number of rotatable bonds is 12. The molecule has 238 valence electrons. The number of halogens is 1. The van der Waals surface area contributed by atoms with Crippen molar-refractivity contribution in [3.8, 4) is 17.2 Å². The number of hydrogen-bond acceptors (Lipinski definition) is 8. The Balaban J connectivity index is 1.61. The van der Waals surface area contributed by atoms with Crippen molar-refractivity contribution in [2.24, 2.45) is 4.99 Å². The molecular formula is C36H35ClN2O6S. The number of ether oxygens (including phenoxy) is 4. The Morgan fingerprint density at radius 3 is 2.46 bits per heavy atom. The normalized spacial score (nSPS) is 14.4. The largest absolute Gasteiger partial charge is 0.497 e. The van der Waals surface area contributed by atoms with Crippen molar-refractivity contribution in [1.29, 1.82) is 0 Å². The van der Waals surface area contributed by atoms with E-state index in [0.717, 1.165) is 22.3 Å². The van der Waals surface area contributed by atoms with Crippen molar-refractivity contribution in [3.05, 3.63) is 132 Å². The molecule has 0 aliphatic carbocycles. The van der Waals surface area contributed by atoms with E-state index in [-0.39, 0.29) is 12.2 Å². The average molecular weight is 659 g/mol. The molecule has 0 spiro atoms. The highest BCUT2D eigenvalue weighted by Gasteiger charge is 2.33. The molecule has 0 saturated heterocycles. The molecule has 8 nitrogen and oxygen atoms in total. The topological polar surface area (TPSA) is 88.4 Å². The van der Waals surface area contributed by atoms with E-state index in [9.17, 15) is 9.59 Å². The van der Waals surface area contributed by atoms with E-state index in [1.807, 2.05) is 61.5 Å². The van der Waals surface area contributed by atoms with Gasteiger partial charge in [-0.2, -0.15) is 0 Å². The molecule has 10 heteroatoms. The Morgan fingerprint density at radius 1 is 1.07 bits per heavy atom. The molecule has 0 N–H and O–H groups in total. The highest BCUT2D eigenvalue weighted by atomic mass is 35.5. The molecule has 1 aliphatic rings. The molecule has 0 saturated carbocycles. The second-order valence-corrected chi connectivity index (χ2v) is 11.9. The summed E-state index contributed by atoms with van der Waals surface area (Å²) in [4.78, 5) is 32.5. The van der Waals surface area contributed by atoms with Gasteiger partial charge in [-0.1, -0.05) is 53.3 Å². The van der Waals surface area contributed by atoms with Gasteiger partial charge in [-0.25, -0.2) is 9.79 Å². The molecule has 2 heterocycles.